The van der Waals surface area contributed by atoms with Gasteiger partial charge in [-0.25, -0.2) is 14.1 Å². The second-order valence-corrected chi connectivity index (χ2v) is 12.8. The van der Waals surface area contributed by atoms with Gasteiger partial charge in [0.1, 0.15) is 10.9 Å². The Labute approximate surface area is 251 Å². The van der Waals surface area contributed by atoms with Crippen molar-refractivity contribution in [3.05, 3.63) is 84.2 Å². The van der Waals surface area contributed by atoms with E-state index in [0.717, 1.165) is 47.7 Å². The van der Waals surface area contributed by atoms with E-state index in [2.05, 4.69) is 68.4 Å². The van der Waals surface area contributed by atoms with E-state index in [1.807, 2.05) is 56.4 Å². The van der Waals surface area contributed by atoms with Crippen molar-refractivity contribution in [3.63, 3.8) is 0 Å². The Hall–Kier alpha value is -2.89. The quantitative estimate of drug-likeness (QED) is 0.147. The summed E-state index contributed by atoms with van der Waals surface area (Å²) in [5, 5.41) is 3.08. The molecule has 4 aromatic rings. The molecule has 8 nitrogen and oxygen atoms in total. The second-order valence-electron chi connectivity index (χ2n) is 10.3. The van der Waals surface area contributed by atoms with Crippen molar-refractivity contribution < 1.29 is 9.53 Å². The Morgan fingerprint density at radius 1 is 1.07 bits per heavy atom. The number of pyridine rings is 1. The zero-order valence-electron chi connectivity index (χ0n) is 23.6. The number of nitrogens with one attached hydrogen (secondary N) is 1. The molecule has 0 saturated heterocycles. The van der Waals surface area contributed by atoms with Crippen LogP contribution in [0.1, 0.15) is 51.4 Å². The number of hydrogen-bond acceptors (Lipinski definition) is 8. The Morgan fingerprint density at radius 2 is 1.77 bits per heavy atom. The molecular weight excluding hydrogens is 561 g/mol. The minimum atomic E-state index is -0.480. The molecule has 0 bridgehead atoms. The number of benzene rings is 1. The first-order chi connectivity index (χ1) is 18.7. The van der Waals surface area contributed by atoms with Crippen molar-refractivity contribution in [1.29, 1.82) is 0 Å². The zero-order valence-corrected chi connectivity index (χ0v) is 26.3. The number of rotatable bonds is 12. The molecule has 0 saturated carbocycles. The smallest absolute Gasteiger partial charge is 0.320 e. The van der Waals surface area contributed by atoms with E-state index < -0.39 is 5.60 Å². The minimum Gasteiger partial charge on any atom is -0.459 e. The lowest BCUT2D eigenvalue weighted by molar-refractivity contribution is -0.153. The zero-order chi connectivity index (χ0) is 27.8. The van der Waals surface area contributed by atoms with E-state index in [9.17, 15) is 4.79 Å². The van der Waals surface area contributed by atoms with Crippen LogP contribution in [0.15, 0.2) is 67.4 Å². The Balaban J connectivity index is 0.00000441. The van der Waals surface area contributed by atoms with Crippen LogP contribution in [0.5, 0.6) is 0 Å². The third-order valence-electron chi connectivity index (χ3n) is 5.89. The largest absolute Gasteiger partial charge is 0.459 e. The third kappa shape index (κ3) is 9.35. The maximum absolute atomic E-state index is 12.2. The van der Waals surface area contributed by atoms with E-state index in [-0.39, 0.29) is 24.7 Å². The molecule has 40 heavy (non-hydrogen) atoms. The molecular formula is C29H38N6O2S3. The summed E-state index contributed by atoms with van der Waals surface area (Å²) in [4.78, 5) is 27.9. The molecule has 3 aromatic heterocycles. The summed E-state index contributed by atoms with van der Waals surface area (Å²) in [6, 6.07) is 12.6. The van der Waals surface area contributed by atoms with Crippen LogP contribution in [0.25, 0.3) is 11.1 Å². The normalized spacial score (nSPS) is 12.0. The maximum Gasteiger partial charge on any atom is 0.320 e. The van der Waals surface area contributed by atoms with Gasteiger partial charge in [0, 0.05) is 55.3 Å². The van der Waals surface area contributed by atoms with Crippen LogP contribution in [0.3, 0.4) is 0 Å². The van der Waals surface area contributed by atoms with Gasteiger partial charge in [-0.1, -0.05) is 48.0 Å². The lowest BCUT2D eigenvalue weighted by Gasteiger charge is -2.24. The highest BCUT2D eigenvalue weighted by atomic mass is 33.1. The van der Waals surface area contributed by atoms with Gasteiger partial charge in [-0.05, 0) is 62.4 Å². The molecule has 0 fully saturated rings. The Morgan fingerprint density at radius 3 is 2.38 bits per heavy atom. The van der Waals surface area contributed by atoms with Crippen LogP contribution in [0.2, 0.25) is 0 Å². The van der Waals surface area contributed by atoms with Crippen molar-refractivity contribution in [2.75, 3.05) is 11.4 Å². The first-order valence-electron chi connectivity index (χ1n) is 13.1. The molecule has 0 aliphatic rings. The second kappa shape index (κ2) is 14.7. The fourth-order valence-corrected chi connectivity index (χ4v) is 5.54. The highest BCUT2D eigenvalue weighted by Crippen LogP contribution is 2.30. The highest BCUT2D eigenvalue weighted by molar-refractivity contribution is 8.76. The van der Waals surface area contributed by atoms with E-state index in [1.165, 1.54) is 27.3 Å². The van der Waals surface area contributed by atoms with E-state index in [4.69, 9.17) is 4.74 Å². The molecule has 0 aliphatic heterocycles. The number of H-pyrrole nitrogens is 1. The standard InChI is InChI=1S/C29H36N6O2S2.H2S/c1-6-22-16-31-28(32-17-22)34(19-23-9-11-24(12-10-23)25-8-7-14-30-18-25)15-13-26-20-35(33-26)39-38-21(2)27(36)37-29(3,4)5;/h7-12,14,16-18,20-21,33H,6,13,15,19H2,1-5H3;1H2. The summed E-state index contributed by atoms with van der Waals surface area (Å²) >= 11 is 0. The van der Waals surface area contributed by atoms with Gasteiger partial charge in [-0.3, -0.25) is 14.9 Å². The van der Waals surface area contributed by atoms with Gasteiger partial charge < -0.3 is 9.64 Å². The van der Waals surface area contributed by atoms with Crippen molar-refractivity contribution in [2.24, 2.45) is 0 Å². The van der Waals surface area contributed by atoms with E-state index in [1.54, 1.807) is 6.20 Å². The number of aryl methyl sites for hydroxylation is 1. The molecule has 0 amide bonds. The van der Waals surface area contributed by atoms with Crippen LogP contribution in [-0.2, 0) is 28.9 Å². The van der Waals surface area contributed by atoms with Gasteiger partial charge in [0.2, 0.25) is 5.95 Å². The van der Waals surface area contributed by atoms with Gasteiger partial charge >= 0.3 is 5.97 Å². The first kappa shape index (κ1) is 31.6. The third-order valence-corrected chi connectivity index (χ3v) is 8.42. The molecule has 0 radical (unpaired) electrons. The van der Waals surface area contributed by atoms with E-state index in [0.29, 0.717) is 6.54 Å². The van der Waals surface area contributed by atoms with Gasteiger partial charge in [0.15, 0.2) is 0 Å². The molecule has 4 rings (SSSR count). The van der Waals surface area contributed by atoms with Gasteiger partial charge in [0.05, 0.1) is 11.9 Å². The number of carbonyl (C=O) groups is 1. The Bertz CT molecular complexity index is 1310. The van der Waals surface area contributed by atoms with Crippen LogP contribution in [0.4, 0.5) is 5.95 Å². The van der Waals surface area contributed by atoms with E-state index >= 15 is 0 Å². The fourth-order valence-electron chi connectivity index (χ4n) is 3.73. The number of nitrogens with zero attached hydrogens (tertiary/aromatic N) is 5. The lowest BCUT2D eigenvalue weighted by Crippen LogP contribution is -2.29. The molecule has 1 aromatic carbocycles. The summed E-state index contributed by atoms with van der Waals surface area (Å²) in [7, 11) is 2.95. The number of anilines is 1. The molecule has 0 aliphatic carbocycles. The van der Waals surface area contributed by atoms with Crippen LogP contribution >= 0.6 is 35.3 Å². The molecule has 1 unspecified atom stereocenters. The lowest BCUT2D eigenvalue weighted by atomic mass is 10.1. The number of aromatic amines is 1. The summed E-state index contributed by atoms with van der Waals surface area (Å²) in [6.07, 6.45) is 11.3. The van der Waals surface area contributed by atoms with Crippen molar-refractivity contribution in [1.82, 2.24) is 24.1 Å². The summed E-state index contributed by atoms with van der Waals surface area (Å²) in [5.74, 6) is 0.513. The van der Waals surface area contributed by atoms with Crippen molar-refractivity contribution in [2.45, 2.75) is 64.9 Å². The van der Waals surface area contributed by atoms with Gasteiger partial charge in [-0.15, -0.1) is 0 Å². The van der Waals surface area contributed by atoms with Crippen LogP contribution in [-0.4, -0.2) is 47.5 Å². The first-order valence-corrected chi connectivity index (χ1v) is 15.3. The monoisotopic (exact) mass is 598 g/mol. The minimum absolute atomic E-state index is 0. The predicted molar refractivity (Wildman–Crippen MR) is 171 cm³/mol. The molecule has 214 valence electrons. The van der Waals surface area contributed by atoms with Crippen molar-refractivity contribution in [3.8, 4) is 11.1 Å². The number of carbonyl (C=O) groups excluding carboxylic acids is 1. The predicted octanol–water partition coefficient (Wildman–Crippen LogP) is 6.47. The molecule has 1 atom stereocenters. The highest BCUT2D eigenvalue weighted by Gasteiger charge is 2.23. The summed E-state index contributed by atoms with van der Waals surface area (Å²) < 4.78 is 7.37. The molecule has 3 heterocycles. The number of aromatic nitrogens is 5. The molecule has 0 spiro atoms. The Kier molecular flexibility index (Phi) is 11.6. The SMILES string of the molecule is CCc1cnc(N(CCc2cn(SSC(C)C(=O)OC(C)(C)C)[nH]2)Cc2ccc(-c3cccnc3)cc2)nc1.S. The summed E-state index contributed by atoms with van der Waals surface area (Å²) in [5.41, 5.74) is 5.19. The molecule has 1 N–H and O–H groups in total. The van der Waals surface area contributed by atoms with Crippen molar-refractivity contribution >= 4 is 47.2 Å². The average Bonchev–Trinajstić information content (AvgIpc) is 2.91. The number of ether oxygens (including phenoxy) is 1. The maximum atomic E-state index is 12.2. The van der Waals surface area contributed by atoms with Gasteiger partial charge in [-0.2, -0.15) is 13.5 Å². The van der Waals surface area contributed by atoms with Crippen LogP contribution in [0, 0.1) is 0 Å². The fraction of sp³-hybridized carbons (Fsp3) is 0.379. The molecule has 11 heteroatoms. The van der Waals surface area contributed by atoms with Crippen LogP contribution < -0.4 is 4.90 Å². The van der Waals surface area contributed by atoms with Gasteiger partial charge in [0.25, 0.3) is 0 Å². The number of esters is 1. The number of hydrogen-bond donors (Lipinski definition) is 1. The summed E-state index contributed by atoms with van der Waals surface area (Å²) in [6.45, 7) is 11.1. The average molecular weight is 599 g/mol. The topological polar surface area (TPSA) is 88.9 Å².